The molecule has 1 nitrogen and oxygen atoms in total. The first-order chi connectivity index (χ1) is 4.72. The number of rotatable bonds is 4. The van der Waals surface area contributed by atoms with Crippen LogP contribution < -0.4 is 5.32 Å². The fourth-order valence-electron chi connectivity index (χ4n) is 0.840. The van der Waals surface area contributed by atoms with Crippen LogP contribution in [0.5, 0.6) is 0 Å². The zero-order valence-electron chi connectivity index (χ0n) is 7.20. The average molecular weight is 139 g/mol. The molecule has 1 N–H and O–H groups in total. The molecule has 0 aromatic rings. The molecule has 0 radical (unpaired) electrons. The first-order valence-electron chi connectivity index (χ1n) is 3.76. The Bertz CT molecular complexity index is 130. The van der Waals surface area contributed by atoms with Crippen molar-refractivity contribution in [3.63, 3.8) is 0 Å². The second kappa shape index (κ2) is 5.10. The van der Waals surface area contributed by atoms with Gasteiger partial charge in [-0.25, -0.2) is 0 Å². The maximum atomic E-state index is 3.62. The van der Waals surface area contributed by atoms with Crippen molar-refractivity contribution >= 4 is 0 Å². The Morgan fingerprint density at radius 3 is 2.40 bits per heavy atom. The maximum absolute atomic E-state index is 3.62. The van der Waals surface area contributed by atoms with E-state index in [0.717, 1.165) is 6.42 Å². The van der Waals surface area contributed by atoms with Crippen LogP contribution in [-0.2, 0) is 0 Å². The van der Waals surface area contributed by atoms with Crippen molar-refractivity contribution in [3.8, 4) is 0 Å². The number of allylic oxidation sites excluding steroid dienone is 2. The van der Waals surface area contributed by atoms with Crippen LogP contribution in [-0.4, -0.2) is 0 Å². The van der Waals surface area contributed by atoms with E-state index >= 15 is 0 Å². The Labute approximate surface area is 63.8 Å². The Kier molecular flexibility index (Phi) is 4.73. The summed E-state index contributed by atoms with van der Waals surface area (Å²) in [6.45, 7) is 10.0. The van der Waals surface area contributed by atoms with Crippen molar-refractivity contribution in [3.05, 3.63) is 24.0 Å². The van der Waals surface area contributed by atoms with Gasteiger partial charge in [0.1, 0.15) is 0 Å². The van der Waals surface area contributed by atoms with E-state index in [4.69, 9.17) is 0 Å². The quantitative estimate of drug-likeness (QED) is 0.631. The average Bonchev–Trinajstić information content (AvgIpc) is 1.87. The Morgan fingerprint density at radius 1 is 1.50 bits per heavy atom. The van der Waals surface area contributed by atoms with E-state index in [9.17, 15) is 0 Å². The molecule has 0 saturated heterocycles. The maximum Gasteiger partial charge on any atom is 0.0132 e. The molecular formula is C9H17N. The molecule has 58 valence electrons. The summed E-state index contributed by atoms with van der Waals surface area (Å²) in [6.07, 6.45) is 4.04. The van der Waals surface area contributed by atoms with Crippen LogP contribution in [0.4, 0.5) is 0 Å². The van der Waals surface area contributed by atoms with Gasteiger partial charge < -0.3 is 5.32 Å². The van der Waals surface area contributed by atoms with Crippen molar-refractivity contribution in [1.29, 1.82) is 0 Å². The molecular weight excluding hydrogens is 122 g/mol. The minimum atomic E-state index is 1.12. The molecule has 0 aliphatic heterocycles. The summed E-state index contributed by atoms with van der Waals surface area (Å²) in [4.78, 5) is 0. The topological polar surface area (TPSA) is 12.0 Å². The molecule has 0 atom stereocenters. The minimum absolute atomic E-state index is 1.12. The lowest BCUT2D eigenvalue weighted by Gasteiger charge is -2.06. The highest BCUT2D eigenvalue weighted by molar-refractivity contribution is 5.09. The highest BCUT2D eigenvalue weighted by atomic mass is 14.8. The molecule has 0 fully saturated rings. The van der Waals surface area contributed by atoms with Gasteiger partial charge >= 0.3 is 0 Å². The third-order valence-electron chi connectivity index (χ3n) is 1.38. The van der Waals surface area contributed by atoms with Gasteiger partial charge in [-0.2, -0.15) is 0 Å². The van der Waals surface area contributed by atoms with Gasteiger partial charge in [0.2, 0.25) is 0 Å². The predicted molar refractivity (Wildman–Crippen MR) is 46.6 cm³/mol. The highest BCUT2D eigenvalue weighted by Crippen LogP contribution is 2.06. The molecule has 0 aromatic heterocycles. The summed E-state index contributed by atoms with van der Waals surface area (Å²) >= 11 is 0. The van der Waals surface area contributed by atoms with E-state index in [-0.39, 0.29) is 0 Å². The lowest BCUT2D eigenvalue weighted by atomic mass is 10.2. The van der Waals surface area contributed by atoms with Gasteiger partial charge in [0.05, 0.1) is 0 Å². The smallest absolute Gasteiger partial charge is 0.0132 e. The minimum Gasteiger partial charge on any atom is -0.366 e. The highest BCUT2D eigenvalue weighted by Gasteiger charge is 1.93. The van der Waals surface area contributed by atoms with Crippen LogP contribution in [0.2, 0.25) is 0 Å². The molecule has 0 heterocycles. The second-order valence-corrected chi connectivity index (χ2v) is 2.58. The Morgan fingerprint density at radius 2 is 2.10 bits per heavy atom. The molecule has 0 bridgehead atoms. The summed E-state index contributed by atoms with van der Waals surface area (Å²) < 4.78 is 0. The summed E-state index contributed by atoms with van der Waals surface area (Å²) in [6, 6.07) is 0. The van der Waals surface area contributed by atoms with E-state index in [0.29, 0.717) is 0 Å². The summed E-state index contributed by atoms with van der Waals surface area (Å²) in [5.41, 5.74) is 2.65. The zero-order chi connectivity index (χ0) is 7.98. The van der Waals surface area contributed by atoms with Crippen LogP contribution >= 0.6 is 0 Å². The SMILES string of the molecule is C=CNC(CCC)=C(C)C. The Hall–Kier alpha value is -0.720. The molecule has 0 aliphatic rings. The number of hydrogen-bond donors (Lipinski definition) is 1. The van der Waals surface area contributed by atoms with Crippen LogP contribution in [0.25, 0.3) is 0 Å². The van der Waals surface area contributed by atoms with Crippen molar-refractivity contribution in [1.82, 2.24) is 5.32 Å². The normalized spacial score (nSPS) is 8.70. The summed E-state index contributed by atoms with van der Waals surface area (Å²) in [7, 11) is 0. The molecule has 0 rings (SSSR count). The van der Waals surface area contributed by atoms with E-state index < -0.39 is 0 Å². The first-order valence-corrected chi connectivity index (χ1v) is 3.76. The fraction of sp³-hybridized carbons (Fsp3) is 0.556. The lowest BCUT2D eigenvalue weighted by molar-refractivity contribution is 0.822. The van der Waals surface area contributed by atoms with Crippen molar-refractivity contribution in [2.75, 3.05) is 0 Å². The van der Waals surface area contributed by atoms with E-state index in [1.165, 1.54) is 17.7 Å². The summed E-state index contributed by atoms with van der Waals surface area (Å²) in [5, 5.41) is 3.13. The van der Waals surface area contributed by atoms with Crippen LogP contribution in [0, 0.1) is 0 Å². The van der Waals surface area contributed by atoms with Gasteiger partial charge in [0, 0.05) is 5.70 Å². The lowest BCUT2D eigenvalue weighted by Crippen LogP contribution is -2.05. The molecule has 10 heavy (non-hydrogen) atoms. The van der Waals surface area contributed by atoms with Crippen LogP contribution in [0.15, 0.2) is 24.0 Å². The standard InChI is InChI=1S/C9H17N/c1-5-7-9(8(3)4)10-6-2/h6,10H,2,5,7H2,1,3-4H3. The second-order valence-electron chi connectivity index (χ2n) is 2.58. The van der Waals surface area contributed by atoms with Gasteiger partial charge in [0.25, 0.3) is 0 Å². The van der Waals surface area contributed by atoms with Gasteiger partial charge in [-0.05, 0) is 26.5 Å². The number of nitrogens with one attached hydrogen (secondary N) is 1. The van der Waals surface area contributed by atoms with Gasteiger partial charge in [-0.15, -0.1) is 0 Å². The van der Waals surface area contributed by atoms with E-state index in [1.807, 2.05) is 0 Å². The molecule has 1 heteroatoms. The largest absolute Gasteiger partial charge is 0.366 e. The number of hydrogen-bond acceptors (Lipinski definition) is 1. The van der Waals surface area contributed by atoms with Gasteiger partial charge in [-0.3, -0.25) is 0 Å². The van der Waals surface area contributed by atoms with Gasteiger partial charge in [0.15, 0.2) is 0 Å². The Balaban J connectivity index is 3.98. The molecule has 0 saturated carbocycles. The fourth-order valence-corrected chi connectivity index (χ4v) is 0.840. The monoisotopic (exact) mass is 139 g/mol. The third-order valence-corrected chi connectivity index (χ3v) is 1.38. The van der Waals surface area contributed by atoms with Crippen LogP contribution in [0.3, 0.4) is 0 Å². The molecule has 0 amide bonds. The van der Waals surface area contributed by atoms with Gasteiger partial charge in [-0.1, -0.05) is 25.5 Å². The van der Waals surface area contributed by atoms with Crippen molar-refractivity contribution in [2.45, 2.75) is 33.6 Å². The van der Waals surface area contributed by atoms with E-state index in [1.54, 1.807) is 6.20 Å². The zero-order valence-corrected chi connectivity index (χ0v) is 7.20. The molecule has 0 spiro atoms. The van der Waals surface area contributed by atoms with Crippen molar-refractivity contribution in [2.24, 2.45) is 0 Å². The summed E-state index contributed by atoms with van der Waals surface area (Å²) in [5.74, 6) is 0. The molecule has 0 aliphatic carbocycles. The van der Waals surface area contributed by atoms with E-state index in [2.05, 4.69) is 32.7 Å². The first kappa shape index (κ1) is 9.28. The third kappa shape index (κ3) is 3.33. The molecule has 0 aromatic carbocycles. The van der Waals surface area contributed by atoms with Crippen LogP contribution in [0.1, 0.15) is 33.6 Å². The van der Waals surface area contributed by atoms with Crippen molar-refractivity contribution < 1.29 is 0 Å². The predicted octanol–water partition coefficient (Wildman–Crippen LogP) is 2.81. The molecule has 0 unspecified atom stereocenters.